The van der Waals surface area contributed by atoms with Crippen LogP contribution in [0.3, 0.4) is 0 Å². The van der Waals surface area contributed by atoms with Crippen molar-refractivity contribution < 1.29 is 9.13 Å². The molecule has 1 aromatic heterocycles. The average molecular weight is 531 g/mol. The highest BCUT2D eigenvalue weighted by Gasteiger charge is 2.23. The number of aliphatic imine (C=N–C) groups is 1. The smallest absolute Gasteiger partial charge is 0.191 e. The minimum atomic E-state index is -0.226. The van der Waals surface area contributed by atoms with E-state index in [9.17, 15) is 4.39 Å². The van der Waals surface area contributed by atoms with Crippen LogP contribution in [0.2, 0.25) is 0 Å². The third kappa shape index (κ3) is 6.35. The fraction of sp³-hybridized carbons (Fsp3) is 0.550. The molecule has 1 aliphatic heterocycles. The molecule has 0 radical (unpaired) electrons. The van der Waals surface area contributed by atoms with Crippen LogP contribution in [0.5, 0.6) is 0 Å². The van der Waals surface area contributed by atoms with E-state index < -0.39 is 0 Å². The second kappa shape index (κ2) is 11.6. The number of aryl methyl sites for hydroxylation is 1. The van der Waals surface area contributed by atoms with Crippen molar-refractivity contribution in [3.05, 3.63) is 47.3 Å². The number of aromatic nitrogens is 3. The first-order valence-corrected chi connectivity index (χ1v) is 9.80. The molecule has 2 unspecified atom stereocenters. The second-order valence-corrected chi connectivity index (χ2v) is 7.43. The highest BCUT2D eigenvalue weighted by Crippen LogP contribution is 2.18. The van der Waals surface area contributed by atoms with Crippen molar-refractivity contribution in [3.63, 3.8) is 0 Å². The molecule has 1 aliphatic rings. The number of guanidine groups is 1. The third-order valence-corrected chi connectivity index (χ3v) is 5.06. The maximum absolute atomic E-state index is 13.6. The Morgan fingerprint density at radius 2 is 2.23 bits per heavy atom. The molecule has 166 valence electrons. The Hall–Kier alpha value is -1.79. The van der Waals surface area contributed by atoms with E-state index >= 15 is 0 Å². The summed E-state index contributed by atoms with van der Waals surface area (Å²) >= 11 is 0. The van der Waals surface area contributed by atoms with Gasteiger partial charge in [0.25, 0.3) is 0 Å². The Kier molecular flexibility index (Phi) is 9.43. The summed E-state index contributed by atoms with van der Waals surface area (Å²) in [5.41, 5.74) is 0.925. The molecular weight excluding hydrogens is 500 g/mol. The van der Waals surface area contributed by atoms with Gasteiger partial charge in [-0.25, -0.2) is 14.1 Å². The molecule has 2 aromatic rings. The number of hydrogen-bond donors (Lipinski definition) is 2. The SMILES string of the molecule is CN=C(NCC(c1cccc(F)c1)N(C)C)NC1CCc2nc(COC)nn2C1.I. The van der Waals surface area contributed by atoms with Gasteiger partial charge < -0.3 is 20.3 Å². The van der Waals surface area contributed by atoms with E-state index in [-0.39, 0.29) is 41.9 Å². The van der Waals surface area contributed by atoms with Crippen molar-refractivity contribution in [2.45, 2.75) is 38.1 Å². The normalized spacial score (nSPS) is 17.3. The number of rotatable bonds is 7. The summed E-state index contributed by atoms with van der Waals surface area (Å²) in [6, 6.07) is 6.95. The summed E-state index contributed by atoms with van der Waals surface area (Å²) < 4.78 is 20.7. The van der Waals surface area contributed by atoms with E-state index in [1.165, 1.54) is 6.07 Å². The average Bonchev–Trinajstić information content (AvgIpc) is 3.09. The molecule has 2 N–H and O–H groups in total. The van der Waals surface area contributed by atoms with Crippen LogP contribution in [-0.2, 0) is 24.3 Å². The highest BCUT2D eigenvalue weighted by atomic mass is 127. The zero-order chi connectivity index (χ0) is 20.8. The fourth-order valence-corrected chi connectivity index (χ4v) is 3.56. The summed E-state index contributed by atoms with van der Waals surface area (Å²) in [4.78, 5) is 10.9. The van der Waals surface area contributed by atoms with E-state index in [1.807, 2.05) is 24.8 Å². The molecule has 1 aromatic carbocycles. The molecule has 0 saturated heterocycles. The number of ether oxygens (including phenoxy) is 1. The van der Waals surface area contributed by atoms with Gasteiger partial charge in [0.2, 0.25) is 0 Å². The van der Waals surface area contributed by atoms with Crippen molar-refractivity contribution in [3.8, 4) is 0 Å². The molecule has 0 bridgehead atoms. The Labute approximate surface area is 194 Å². The predicted molar refractivity (Wildman–Crippen MR) is 126 cm³/mol. The zero-order valence-corrected chi connectivity index (χ0v) is 20.3. The number of methoxy groups -OCH3 is 1. The van der Waals surface area contributed by atoms with Gasteiger partial charge in [0.05, 0.1) is 12.6 Å². The second-order valence-electron chi connectivity index (χ2n) is 7.43. The lowest BCUT2D eigenvalue weighted by Gasteiger charge is -2.28. The van der Waals surface area contributed by atoms with E-state index in [1.54, 1.807) is 26.3 Å². The minimum Gasteiger partial charge on any atom is -0.377 e. The Morgan fingerprint density at radius 1 is 1.43 bits per heavy atom. The summed E-state index contributed by atoms with van der Waals surface area (Å²) in [5, 5.41) is 11.4. The van der Waals surface area contributed by atoms with Crippen LogP contribution in [0.1, 0.15) is 29.7 Å². The van der Waals surface area contributed by atoms with Gasteiger partial charge in [-0.15, -0.1) is 24.0 Å². The van der Waals surface area contributed by atoms with Crippen LogP contribution in [0.25, 0.3) is 0 Å². The summed E-state index contributed by atoms with van der Waals surface area (Å²) in [6.45, 7) is 1.76. The molecule has 10 heteroatoms. The van der Waals surface area contributed by atoms with Crippen LogP contribution >= 0.6 is 24.0 Å². The zero-order valence-electron chi connectivity index (χ0n) is 17.9. The summed E-state index contributed by atoms with van der Waals surface area (Å²) in [5.74, 6) is 2.21. The van der Waals surface area contributed by atoms with Crippen molar-refractivity contribution >= 4 is 29.9 Å². The quantitative estimate of drug-likeness (QED) is 0.323. The number of fused-ring (bicyclic) bond motifs is 1. The van der Waals surface area contributed by atoms with E-state index in [2.05, 4.69) is 30.6 Å². The highest BCUT2D eigenvalue weighted by molar-refractivity contribution is 14.0. The van der Waals surface area contributed by atoms with Crippen LogP contribution in [-0.4, -0.2) is 66.5 Å². The van der Waals surface area contributed by atoms with E-state index in [4.69, 9.17) is 4.74 Å². The first kappa shape index (κ1) is 24.5. The molecule has 0 aliphatic carbocycles. The number of nitrogens with zero attached hydrogens (tertiary/aromatic N) is 5. The van der Waals surface area contributed by atoms with Crippen LogP contribution < -0.4 is 10.6 Å². The summed E-state index contributed by atoms with van der Waals surface area (Å²) in [7, 11) is 7.37. The van der Waals surface area contributed by atoms with Gasteiger partial charge in [-0.3, -0.25) is 4.99 Å². The van der Waals surface area contributed by atoms with Gasteiger partial charge in [0.15, 0.2) is 11.8 Å². The predicted octanol–water partition coefficient (Wildman–Crippen LogP) is 1.96. The number of hydrogen-bond acceptors (Lipinski definition) is 5. The maximum atomic E-state index is 13.6. The molecule has 8 nitrogen and oxygen atoms in total. The van der Waals surface area contributed by atoms with Crippen LogP contribution in [0.4, 0.5) is 4.39 Å². The lowest BCUT2D eigenvalue weighted by atomic mass is 10.1. The standard InChI is InChI=1S/C20H30FN7O.HI/c1-22-20(23-11-17(27(2)3)14-6-5-7-15(21)10-14)24-16-8-9-19-25-18(13-29-4)26-28(19)12-16;/h5-7,10,16-17H,8-9,11-13H2,1-4H3,(H2,22,23,24);1H. The van der Waals surface area contributed by atoms with E-state index in [0.717, 1.165) is 42.6 Å². The van der Waals surface area contributed by atoms with Crippen molar-refractivity contribution in [2.24, 2.45) is 4.99 Å². The molecule has 0 spiro atoms. The van der Waals surface area contributed by atoms with Gasteiger partial charge >= 0.3 is 0 Å². The molecule has 3 rings (SSSR count). The molecular formula is C20H31FIN7O. The number of nitrogens with one attached hydrogen (secondary N) is 2. The Balaban J connectivity index is 0.00000320. The molecule has 30 heavy (non-hydrogen) atoms. The topological polar surface area (TPSA) is 79.6 Å². The lowest BCUT2D eigenvalue weighted by Crippen LogP contribution is -2.48. The van der Waals surface area contributed by atoms with Crippen LogP contribution in [0, 0.1) is 5.82 Å². The van der Waals surface area contributed by atoms with Gasteiger partial charge in [0, 0.05) is 33.2 Å². The van der Waals surface area contributed by atoms with Gasteiger partial charge in [-0.2, -0.15) is 5.10 Å². The number of benzene rings is 1. The Morgan fingerprint density at radius 3 is 2.90 bits per heavy atom. The molecule has 2 atom stereocenters. The monoisotopic (exact) mass is 531 g/mol. The van der Waals surface area contributed by atoms with Crippen molar-refractivity contribution in [1.29, 1.82) is 0 Å². The molecule has 2 heterocycles. The lowest BCUT2D eigenvalue weighted by molar-refractivity contribution is 0.177. The first-order chi connectivity index (χ1) is 14.0. The third-order valence-electron chi connectivity index (χ3n) is 5.06. The van der Waals surface area contributed by atoms with Crippen molar-refractivity contribution in [2.75, 3.05) is 34.8 Å². The van der Waals surface area contributed by atoms with Crippen LogP contribution in [0.15, 0.2) is 29.3 Å². The Bertz CT molecular complexity index is 842. The molecule has 0 saturated carbocycles. The number of likely N-dealkylation sites (N-methyl/N-ethyl adjacent to an activating group) is 1. The largest absolute Gasteiger partial charge is 0.377 e. The summed E-state index contributed by atoms with van der Waals surface area (Å²) in [6.07, 6.45) is 1.81. The maximum Gasteiger partial charge on any atom is 0.191 e. The molecule has 0 amide bonds. The van der Waals surface area contributed by atoms with Crippen molar-refractivity contribution in [1.82, 2.24) is 30.3 Å². The number of halogens is 2. The minimum absolute atomic E-state index is 0. The van der Waals surface area contributed by atoms with Gasteiger partial charge in [0.1, 0.15) is 18.2 Å². The van der Waals surface area contributed by atoms with Gasteiger partial charge in [-0.05, 0) is 38.2 Å². The first-order valence-electron chi connectivity index (χ1n) is 9.80. The fourth-order valence-electron chi connectivity index (χ4n) is 3.56. The molecule has 0 fully saturated rings. The van der Waals surface area contributed by atoms with E-state index in [0.29, 0.717) is 13.2 Å². The van der Waals surface area contributed by atoms with Gasteiger partial charge in [-0.1, -0.05) is 12.1 Å².